The normalized spacial score (nSPS) is 15.9. The van der Waals surface area contributed by atoms with Gasteiger partial charge in [-0.25, -0.2) is 0 Å². The highest BCUT2D eigenvalue weighted by atomic mass is 16.2. The highest BCUT2D eigenvalue weighted by Gasteiger charge is 2.45. The van der Waals surface area contributed by atoms with E-state index in [0.29, 0.717) is 11.1 Å². The molecule has 0 N–H and O–H groups in total. The predicted octanol–water partition coefficient (Wildman–Crippen LogP) is 6.08. The molecule has 0 aliphatic heterocycles. The fourth-order valence-electron chi connectivity index (χ4n) is 3.87. The lowest BCUT2D eigenvalue weighted by Gasteiger charge is -2.37. The lowest BCUT2D eigenvalue weighted by Crippen LogP contribution is -2.40. The average molecular weight is 336 g/mol. The number of carbonyl (C=O) groups excluding carboxylic acids is 2. The lowest BCUT2D eigenvalue weighted by atomic mass is 9.64. The summed E-state index contributed by atoms with van der Waals surface area (Å²) in [6.07, 6.45) is 2.98. The Morgan fingerprint density at radius 3 is 1.84 bits per heavy atom. The van der Waals surface area contributed by atoms with Crippen molar-refractivity contribution in [1.82, 2.24) is 0 Å². The van der Waals surface area contributed by atoms with Gasteiger partial charge in [-0.05, 0) is 29.1 Å². The molecule has 2 aromatic rings. The average Bonchev–Trinajstić information content (AvgIpc) is 2.58. The van der Waals surface area contributed by atoms with E-state index in [9.17, 15) is 9.59 Å². The molecular formula is C23H28O2. The summed E-state index contributed by atoms with van der Waals surface area (Å²) in [6.45, 7) is 10.9. The summed E-state index contributed by atoms with van der Waals surface area (Å²) >= 11 is 0. The minimum atomic E-state index is -0.583. The van der Waals surface area contributed by atoms with Gasteiger partial charge in [0.2, 0.25) is 0 Å². The molecule has 2 nitrogen and oxygen atoms in total. The van der Waals surface area contributed by atoms with Gasteiger partial charge in [0.1, 0.15) is 0 Å². The van der Waals surface area contributed by atoms with Gasteiger partial charge in [0.25, 0.3) is 0 Å². The Morgan fingerprint density at radius 2 is 1.36 bits per heavy atom. The first-order valence-corrected chi connectivity index (χ1v) is 9.28. The lowest BCUT2D eigenvalue weighted by molar-refractivity contribution is 0.0631. The molecule has 0 atom stereocenters. The van der Waals surface area contributed by atoms with E-state index >= 15 is 0 Å². The summed E-state index contributed by atoms with van der Waals surface area (Å²) in [5.74, 6) is -0.595. The molecule has 1 aliphatic carbocycles. The van der Waals surface area contributed by atoms with Gasteiger partial charge in [-0.3, -0.25) is 9.59 Å². The maximum atomic E-state index is 13.2. The van der Waals surface area contributed by atoms with Crippen LogP contribution in [0.15, 0.2) is 36.4 Å². The molecule has 0 fully saturated rings. The highest BCUT2D eigenvalue weighted by Crippen LogP contribution is 2.44. The van der Waals surface area contributed by atoms with Gasteiger partial charge in [-0.15, -0.1) is 0 Å². The van der Waals surface area contributed by atoms with E-state index in [1.807, 2.05) is 36.4 Å². The molecule has 2 heteroatoms. The third-order valence-electron chi connectivity index (χ3n) is 6.14. The van der Waals surface area contributed by atoms with Crippen LogP contribution in [0.2, 0.25) is 0 Å². The van der Waals surface area contributed by atoms with E-state index in [1.165, 1.54) is 0 Å². The fourth-order valence-corrected chi connectivity index (χ4v) is 3.87. The summed E-state index contributed by atoms with van der Waals surface area (Å²) in [4.78, 5) is 26.5. The molecule has 0 heterocycles. The van der Waals surface area contributed by atoms with Crippen molar-refractivity contribution in [3.63, 3.8) is 0 Å². The van der Waals surface area contributed by atoms with Gasteiger partial charge in [0.05, 0.1) is 5.92 Å². The Balaban J connectivity index is 2.02. The van der Waals surface area contributed by atoms with Gasteiger partial charge >= 0.3 is 0 Å². The minimum absolute atomic E-state index is 0.00592. The number of rotatable bonds is 5. The smallest absolute Gasteiger partial charge is 0.174 e. The van der Waals surface area contributed by atoms with E-state index in [-0.39, 0.29) is 22.4 Å². The van der Waals surface area contributed by atoms with Gasteiger partial charge < -0.3 is 0 Å². The van der Waals surface area contributed by atoms with Crippen LogP contribution in [-0.2, 0) is 0 Å². The van der Waals surface area contributed by atoms with Gasteiger partial charge in [0, 0.05) is 16.5 Å². The van der Waals surface area contributed by atoms with Crippen molar-refractivity contribution < 1.29 is 9.59 Å². The monoisotopic (exact) mass is 336 g/mol. The maximum Gasteiger partial charge on any atom is 0.174 e. The Labute approximate surface area is 150 Å². The molecule has 1 aliphatic rings. The number of Topliss-reactive ketones (excluding diaryl/α,β-unsaturated/α-hetero) is 2. The maximum absolute atomic E-state index is 13.2. The standard InChI is InChI=1S/C23H28O2/c1-6-22(2,3)13-14-23(4,5)19-20(24)16-11-7-9-15-10-8-12-17(18(15)16)21(19)25/h7-12,19H,6,13-14H2,1-5H3. The van der Waals surface area contributed by atoms with Crippen LogP contribution < -0.4 is 0 Å². The van der Waals surface area contributed by atoms with E-state index in [1.54, 1.807) is 0 Å². The largest absolute Gasteiger partial charge is 0.293 e. The summed E-state index contributed by atoms with van der Waals surface area (Å²) in [5, 5.41) is 1.81. The Morgan fingerprint density at radius 1 is 0.840 bits per heavy atom. The molecule has 25 heavy (non-hydrogen) atoms. The van der Waals surface area contributed by atoms with Crippen molar-refractivity contribution in [2.24, 2.45) is 16.7 Å². The van der Waals surface area contributed by atoms with Crippen LogP contribution in [0.25, 0.3) is 10.8 Å². The molecule has 0 bridgehead atoms. The number of hydrogen-bond donors (Lipinski definition) is 0. The zero-order chi connectivity index (χ0) is 18.4. The van der Waals surface area contributed by atoms with Gasteiger partial charge in [-0.2, -0.15) is 0 Å². The van der Waals surface area contributed by atoms with Crippen LogP contribution in [0.5, 0.6) is 0 Å². The Kier molecular flexibility index (Phi) is 4.35. The molecule has 0 saturated heterocycles. The quantitative estimate of drug-likeness (QED) is 0.620. The first-order valence-electron chi connectivity index (χ1n) is 9.28. The molecule has 3 rings (SSSR count). The zero-order valence-corrected chi connectivity index (χ0v) is 16.0. The Hall–Kier alpha value is -1.96. The van der Waals surface area contributed by atoms with Crippen molar-refractivity contribution >= 4 is 22.3 Å². The molecule has 0 aromatic heterocycles. The summed E-state index contributed by atoms with van der Waals surface area (Å²) in [5.41, 5.74) is 1.30. The second kappa shape index (κ2) is 6.09. The Bertz CT molecular complexity index is 792. The van der Waals surface area contributed by atoms with Crippen LogP contribution in [0.3, 0.4) is 0 Å². The summed E-state index contributed by atoms with van der Waals surface area (Å²) in [7, 11) is 0. The van der Waals surface area contributed by atoms with E-state index in [4.69, 9.17) is 0 Å². The third kappa shape index (κ3) is 3.03. The van der Waals surface area contributed by atoms with Crippen molar-refractivity contribution in [3.8, 4) is 0 Å². The topological polar surface area (TPSA) is 34.1 Å². The second-order valence-corrected chi connectivity index (χ2v) is 8.88. The SMILES string of the molecule is CCC(C)(C)CCC(C)(C)C1C(=O)c2cccc3cccc(c23)C1=O. The van der Waals surface area contributed by atoms with Crippen LogP contribution >= 0.6 is 0 Å². The van der Waals surface area contributed by atoms with Gasteiger partial charge in [-0.1, -0.05) is 77.4 Å². The number of hydrogen-bond acceptors (Lipinski definition) is 2. The fraction of sp³-hybridized carbons (Fsp3) is 0.478. The van der Waals surface area contributed by atoms with Crippen LogP contribution in [0.4, 0.5) is 0 Å². The van der Waals surface area contributed by atoms with E-state index in [2.05, 4.69) is 34.6 Å². The van der Waals surface area contributed by atoms with Crippen molar-refractivity contribution in [3.05, 3.63) is 47.5 Å². The molecule has 132 valence electrons. The first kappa shape index (κ1) is 17.8. The minimum Gasteiger partial charge on any atom is -0.293 e. The number of benzene rings is 2. The predicted molar refractivity (Wildman–Crippen MR) is 103 cm³/mol. The molecular weight excluding hydrogens is 308 g/mol. The zero-order valence-electron chi connectivity index (χ0n) is 16.0. The van der Waals surface area contributed by atoms with Crippen molar-refractivity contribution in [2.45, 2.75) is 53.9 Å². The van der Waals surface area contributed by atoms with Gasteiger partial charge in [0.15, 0.2) is 11.6 Å². The number of carbonyl (C=O) groups is 2. The molecule has 0 radical (unpaired) electrons. The van der Waals surface area contributed by atoms with E-state index in [0.717, 1.165) is 30.0 Å². The molecule has 0 saturated carbocycles. The highest BCUT2D eigenvalue weighted by molar-refractivity contribution is 6.29. The van der Waals surface area contributed by atoms with Crippen molar-refractivity contribution in [2.75, 3.05) is 0 Å². The van der Waals surface area contributed by atoms with Crippen LogP contribution in [0, 0.1) is 16.7 Å². The molecule has 0 spiro atoms. The molecule has 2 aromatic carbocycles. The number of ketones is 2. The molecule has 0 amide bonds. The summed E-state index contributed by atoms with van der Waals surface area (Å²) in [6, 6.07) is 11.5. The first-order chi connectivity index (χ1) is 11.7. The van der Waals surface area contributed by atoms with Crippen LogP contribution in [-0.4, -0.2) is 11.6 Å². The molecule has 0 unspecified atom stereocenters. The second-order valence-electron chi connectivity index (χ2n) is 8.88. The third-order valence-corrected chi connectivity index (χ3v) is 6.14. The van der Waals surface area contributed by atoms with Crippen LogP contribution in [0.1, 0.15) is 74.6 Å². The van der Waals surface area contributed by atoms with E-state index < -0.39 is 5.92 Å². The van der Waals surface area contributed by atoms with Crippen molar-refractivity contribution in [1.29, 1.82) is 0 Å². The summed E-state index contributed by atoms with van der Waals surface area (Å²) < 4.78 is 0.